The quantitative estimate of drug-likeness (QED) is 0.696. The van der Waals surface area contributed by atoms with E-state index in [1.54, 1.807) is 12.1 Å². The lowest BCUT2D eigenvalue weighted by molar-refractivity contribution is 0.583. The first-order chi connectivity index (χ1) is 11.8. The molecule has 0 aliphatic heterocycles. The Balaban J connectivity index is 1.91. The van der Waals surface area contributed by atoms with Gasteiger partial charge in [-0.2, -0.15) is 0 Å². The lowest BCUT2D eigenvalue weighted by Crippen LogP contribution is -2.29. The van der Waals surface area contributed by atoms with Gasteiger partial charge in [0.15, 0.2) is 0 Å². The van der Waals surface area contributed by atoms with E-state index in [0.29, 0.717) is 18.2 Å². The molecule has 2 aromatic rings. The maximum absolute atomic E-state index is 12.3. The molecule has 0 spiro atoms. The fourth-order valence-corrected chi connectivity index (χ4v) is 3.27. The average Bonchev–Trinajstić information content (AvgIpc) is 2.58. The largest absolute Gasteiger partial charge is 0.369 e. The molecule has 1 heterocycles. The highest BCUT2D eigenvalue weighted by atomic mass is 32.2. The Bertz CT molecular complexity index is 804. The SMILES string of the molecule is CCc1ccc(S(=O)(=O)NCCNc2cc(N(C)C)nc(C)n2)cc1. The number of rotatable bonds is 8. The van der Waals surface area contributed by atoms with E-state index in [9.17, 15) is 8.42 Å². The average molecular weight is 363 g/mol. The van der Waals surface area contributed by atoms with Gasteiger partial charge in [0.25, 0.3) is 0 Å². The number of hydrogen-bond donors (Lipinski definition) is 2. The Morgan fingerprint density at radius 2 is 1.76 bits per heavy atom. The van der Waals surface area contributed by atoms with Crippen molar-refractivity contribution in [2.75, 3.05) is 37.4 Å². The monoisotopic (exact) mass is 363 g/mol. The van der Waals surface area contributed by atoms with E-state index in [1.165, 1.54) is 0 Å². The summed E-state index contributed by atoms with van der Waals surface area (Å²) >= 11 is 0. The predicted molar refractivity (Wildman–Crippen MR) is 101 cm³/mol. The van der Waals surface area contributed by atoms with Gasteiger partial charge in [-0.25, -0.2) is 23.1 Å². The number of nitrogens with one attached hydrogen (secondary N) is 2. The normalized spacial score (nSPS) is 11.4. The van der Waals surface area contributed by atoms with Gasteiger partial charge in [-0.05, 0) is 31.0 Å². The van der Waals surface area contributed by atoms with Crippen molar-refractivity contribution in [1.29, 1.82) is 0 Å². The molecule has 0 unspecified atom stereocenters. The van der Waals surface area contributed by atoms with Gasteiger partial charge in [-0.15, -0.1) is 0 Å². The molecule has 2 N–H and O–H groups in total. The molecule has 7 nitrogen and oxygen atoms in total. The van der Waals surface area contributed by atoms with Gasteiger partial charge < -0.3 is 10.2 Å². The molecular weight excluding hydrogens is 338 g/mol. The van der Waals surface area contributed by atoms with Gasteiger partial charge in [0.05, 0.1) is 4.90 Å². The summed E-state index contributed by atoms with van der Waals surface area (Å²) in [4.78, 5) is 10.8. The van der Waals surface area contributed by atoms with Gasteiger partial charge >= 0.3 is 0 Å². The second-order valence-electron chi connectivity index (χ2n) is 5.88. The molecule has 0 saturated heterocycles. The fourth-order valence-electron chi connectivity index (χ4n) is 2.24. The third-order valence-corrected chi connectivity index (χ3v) is 5.12. The Labute approximate surface area is 149 Å². The van der Waals surface area contributed by atoms with Crippen LogP contribution < -0.4 is 14.9 Å². The molecule has 0 aliphatic rings. The van der Waals surface area contributed by atoms with Crippen LogP contribution in [0.5, 0.6) is 0 Å². The maximum atomic E-state index is 12.3. The van der Waals surface area contributed by atoms with Crippen LogP contribution in [0.3, 0.4) is 0 Å². The van der Waals surface area contributed by atoms with E-state index in [1.807, 2.05) is 51.0 Å². The van der Waals surface area contributed by atoms with Crippen molar-refractivity contribution < 1.29 is 8.42 Å². The summed E-state index contributed by atoms with van der Waals surface area (Å²) in [6.45, 7) is 4.54. The summed E-state index contributed by atoms with van der Waals surface area (Å²) in [5.41, 5.74) is 1.11. The first-order valence-corrected chi connectivity index (χ1v) is 9.65. The van der Waals surface area contributed by atoms with Gasteiger partial charge in [0.1, 0.15) is 17.5 Å². The van der Waals surface area contributed by atoms with Crippen LogP contribution in [0.15, 0.2) is 35.2 Å². The minimum atomic E-state index is -3.50. The smallest absolute Gasteiger partial charge is 0.240 e. The van der Waals surface area contributed by atoms with E-state index in [0.717, 1.165) is 17.8 Å². The molecule has 0 bridgehead atoms. The number of benzene rings is 1. The first kappa shape index (κ1) is 19.1. The van der Waals surface area contributed by atoms with E-state index in [2.05, 4.69) is 20.0 Å². The molecule has 0 saturated carbocycles. The Morgan fingerprint density at radius 3 is 2.36 bits per heavy atom. The lowest BCUT2D eigenvalue weighted by atomic mass is 10.2. The first-order valence-electron chi connectivity index (χ1n) is 8.17. The molecule has 2 rings (SSSR count). The van der Waals surface area contributed by atoms with Crippen molar-refractivity contribution in [3.63, 3.8) is 0 Å². The summed E-state index contributed by atoms with van der Waals surface area (Å²) < 4.78 is 27.1. The van der Waals surface area contributed by atoms with Crippen molar-refractivity contribution in [1.82, 2.24) is 14.7 Å². The van der Waals surface area contributed by atoms with Crippen LogP contribution in [0.2, 0.25) is 0 Å². The summed E-state index contributed by atoms with van der Waals surface area (Å²) in [6.07, 6.45) is 0.880. The van der Waals surface area contributed by atoms with E-state index >= 15 is 0 Å². The highest BCUT2D eigenvalue weighted by molar-refractivity contribution is 7.89. The number of aryl methyl sites for hydroxylation is 2. The van der Waals surface area contributed by atoms with Crippen LogP contribution in [0.4, 0.5) is 11.6 Å². The second-order valence-corrected chi connectivity index (χ2v) is 7.64. The Hall–Kier alpha value is -2.19. The molecule has 136 valence electrons. The molecule has 8 heteroatoms. The van der Waals surface area contributed by atoms with Crippen LogP contribution in [0.25, 0.3) is 0 Å². The van der Waals surface area contributed by atoms with Crippen LogP contribution in [-0.2, 0) is 16.4 Å². The Kier molecular flexibility index (Phi) is 6.33. The van der Waals surface area contributed by atoms with Gasteiger partial charge in [0.2, 0.25) is 10.0 Å². The van der Waals surface area contributed by atoms with E-state index in [-0.39, 0.29) is 11.4 Å². The van der Waals surface area contributed by atoms with E-state index in [4.69, 9.17) is 0 Å². The third-order valence-electron chi connectivity index (χ3n) is 3.65. The zero-order valence-electron chi connectivity index (χ0n) is 15.1. The molecule has 1 aromatic carbocycles. The highest BCUT2D eigenvalue weighted by Gasteiger charge is 2.13. The molecule has 1 aromatic heterocycles. The summed E-state index contributed by atoms with van der Waals surface area (Å²) in [6, 6.07) is 8.75. The minimum absolute atomic E-state index is 0.262. The van der Waals surface area contributed by atoms with Crippen LogP contribution in [0, 0.1) is 6.92 Å². The van der Waals surface area contributed by atoms with Crippen LogP contribution >= 0.6 is 0 Å². The lowest BCUT2D eigenvalue weighted by Gasteiger charge is -2.14. The predicted octanol–water partition coefficient (Wildman–Crippen LogP) is 1.80. The molecule has 0 atom stereocenters. The standard InChI is InChI=1S/C17H25N5O2S/c1-5-14-6-8-15(9-7-14)25(23,24)19-11-10-18-16-12-17(22(3)4)21-13(2)20-16/h6-9,12,19H,5,10-11H2,1-4H3,(H,18,20,21). The molecule has 0 radical (unpaired) electrons. The van der Waals surface area contributed by atoms with Crippen LogP contribution in [0.1, 0.15) is 18.3 Å². The number of anilines is 2. The zero-order valence-corrected chi connectivity index (χ0v) is 15.9. The van der Waals surface area contributed by atoms with Crippen LogP contribution in [-0.4, -0.2) is 45.6 Å². The molecule has 0 amide bonds. The molecule has 0 aliphatic carbocycles. The maximum Gasteiger partial charge on any atom is 0.240 e. The minimum Gasteiger partial charge on any atom is -0.369 e. The second kappa shape index (κ2) is 8.26. The highest BCUT2D eigenvalue weighted by Crippen LogP contribution is 2.13. The van der Waals surface area contributed by atoms with E-state index < -0.39 is 10.0 Å². The Morgan fingerprint density at radius 1 is 1.08 bits per heavy atom. The molecule has 0 fully saturated rings. The summed E-state index contributed by atoms with van der Waals surface area (Å²) in [5.74, 6) is 2.12. The van der Waals surface area contributed by atoms with Crippen molar-refractivity contribution in [3.05, 3.63) is 41.7 Å². The third kappa shape index (κ3) is 5.40. The number of aromatic nitrogens is 2. The fraction of sp³-hybridized carbons (Fsp3) is 0.412. The van der Waals surface area contributed by atoms with Crippen molar-refractivity contribution in [2.24, 2.45) is 0 Å². The van der Waals surface area contributed by atoms with Crippen molar-refractivity contribution in [2.45, 2.75) is 25.2 Å². The zero-order chi connectivity index (χ0) is 18.4. The topological polar surface area (TPSA) is 87.2 Å². The molecular formula is C17H25N5O2S. The van der Waals surface area contributed by atoms with Gasteiger partial charge in [-0.1, -0.05) is 19.1 Å². The number of sulfonamides is 1. The number of nitrogens with zero attached hydrogens (tertiary/aromatic N) is 3. The van der Waals surface area contributed by atoms with Crippen molar-refractivity contribution >= 4 is 21.7 Å². The summed E-state index contributed by atoms with van der Waals surface area (Å²) in [7, 11) is 0.312. The number of hydrogen-bond acceptors (Lipinski definition) is 6. The summed E-state index contributed by atoms with van der Waals surface area (Å²) in [5, 5.41) is 3.12. The molecule has 25 heavy (non-hydrogen) atoms. The van der Waals surface area contributed by atoms with Gasteiger partial charge in [0, 0.05) is 33.3 Å². The van der Waals surface area contributed by atoms with Gasteiger partial charge in [-0.3, -0.25) is 0 Å². The van der Waals surface area contributed by atoms with Crippen molar-refractivity contribution in [3.8, 4) is 0 Å².